The Kier molecular flexibility index (Phi) is 17.8. The van der Waals surface area contributed by atoms with E-state index in [1.54, 1.807) is 0 Å². The van der Waals surface area contributed by atoms with Crippen molar-refractivity contribution >= 4 is 78.0 Å². The predicted molar refractivity (Wildman–Crippen MR) is 177 cm³/mol. The van der Waals surface area contributed by atoms with E-state index in [0.29, 0.717) is 0 Å². The molecule has 0 spiro atoms. The second-order valence-corrected chi connectivity index (χ2v) is 17.6. The summed E-state index contributed by atoms with van der Waals surface area (Å²) in [5, 5.41) is 29.5. The van der Waals surface area contributed by atoms with E-state index in [1.807, 2.05) is 0 Å². The fourth-order valence-corrected chi connectivity index (χ4v) is 9.86. The van der Waals surface area contributed by atoms with Gasteiger partial charge in [-0.25, -0.2) is 16.8 Å². The molecule has 4 aliphatic heterocycles. The largest absolute Gasteiger partial charge is 1.00 e. The summed E-state index contributed by atoms with van der Waals surface area (Å²) in [5.74, 6) is -7.98. The van der Waals surface area contributed by atoms with Crippen molar-refractivity contribution in [2.75, 3.05) is 0 Å². The maximum Gasteiger partial charge on any atom is 1.00 e. The fraction of sp³-hybridized carbons (Fsp3) is 0.500. The second kappa shape index (κ2) is 19.3. The third-order valence-corrected chi connectivity index (χ3v) is 11.9. The van der Waals surface area contributed by atoms with Gasteiger partial charge in [-0.1, -0.05) is 0 Å². The molecule has 2 fully saturated rings. The van der Waals surface area contributed by atoms with E-state index in [-0.39, 0.29) is 81.8 Å². The van der Waals surface area contributed by atoms with Crippen LogP contribution in [-0.4, -0.2) is 103 Å². The summed E-state index contributed by atoms with van der Waals surface area (Å²) in [4.78, 5) is 71.0. The van der Waals surface area contributed by atoms with Crippen molar-refractivity contribution in [3.05, 3.63) is 44.4 Å². The summed E-state index contributed by atoms with van der Waals surface area (Å²) < 4.78 is 95.7. The number of amides is 4. The van der Waals surface area contributed by atoms with Gasteiger partial charge in [-0.05, 0) is 27.7 Å². The first-order chi connectivity index (χ1) is 24.5. The van der Waals surface area contributed by atoms with Crippen molar-refractivity contribution in [1.29, 1.82) is 0 Å². The molecule has 2 saturated heterocycles. The average molecular weight is 889 g/mol. The van der Waals surface area contributed by atoms with Crippen LogP contribution in [0.5, 0.6) is 0 Å². The number of β-lactam (4-membered cyclic amide) rings is 2. The summed E-state index contributed by atoms with van der Waals surface area (Å²) in [5.41, 5.74) is -4.44. The number of carboxylic acids is 2. The zero-order chi connectivity index (χ0) is 41.5. The fourth-order valence-electron chi connectivity index (χ4n) is 6.44. The zero-order valence-corrected chi connectivity index (χ0v) is 38.3. The monoisotopic (exact) mass is 888 g/mol. The van der Waals surface area contributed by atoms with Gasteiger partial charge in [0.25, 0.3) is 0 Å². The average Bonchev–Trinajstić information content (AvgIpc) is 3.48. The predicted octanol–water partition coefficient (Wildman–Crippen LogP) is -9.73. The molecular formula is C28H34N4Na2O18S4. The number of nitrogens with zero attached hydrogens (tertiary/aromatic N) is 2. The third kappa shape index (κ3) is 12.0. The summed E-state index contributed by atoms with van der Waals surface area (Å²) in [6.45, 7) is 7.47. The molecule has 6 atom stereocenters. The van der Waals surface area contributed by atoms with Crippen LogP contribution in [0, 0.1) is 11.8 Å². The molecule has 4 rings (SSSR count). The standard InChI is InChI=1S/2C14H18N2O9S2.2Na/c2*1-7(17)15-4-5-26(21)9-6-8-10(14(2,3)25-27(22,23)24)12(18)16(8)11(9)13(19)20;;/h2*4-5,8,10H,6H2,1-3H3,(H,15,17)(H,19,20)(H,22,23,24);;/q;;2*+1/p-2/b2*5-4-;;/t2*8-,10+,26-;;/m11../s1. The van der Waals surface area contributed by atoms with E-state index in [2.05, 4.69) is 19.0 Å². The van der Waals surface area contributed by atoms with E-state index >= 15 is 0 Å². The van der Waals surface area contributed by atoms with Crippen LogP contribution in [0.3, 0.4) is 0 Å². The van der Waals surface area contributed by atoms with Gasteiger partial charge in [0.05, 0.1) is 80.1 Å². The van der Waals surface area contributed by atoms with E-state index in [9.17, 15) is 64.2 Å². The number of rotatable bonds is 14. The van der Waals surface area contributed by atoms with Gasteiger partial charge in [-0.3, -0.25) is 28.3 Å². The topological polar surface area (TPSA) is 340 Å². The van der Waals surface area contributed by atoms with Gasteiger partial charge >= 0.3 is 79.9 Å². The quantitative estimate of drug-likeness (QED) is 0.0715. The normalized spacial score (nSPS) is 23.1. The summed E-state index contributed by atoms with van der Waals surface area (Å²) in [6, 6.07) is -1.65. The Balaban J connectivity index is 0.000000541. The number of hydrogen-bond donors (Lipinski definition) is 4. The SMILES string of the molecule is CC(=O)N/C=C\[S@@](=O)C1=C(C(=O)[O-])N2C(=O)[C@@H](C(C)(C)OS(=O)(=O)O)[C@H]2C1.CC(=O)N/C=C\[S@@](=O)C1=C(C(=O)[O-])N2C(=O)[C@@H](C(C)(C)OS(=O)(=O)O)[C@H]2C1.[Na+].[Na+]. The Morgan fingerprint density at radius 1 is 0.714 bits per heavy atom. The van der Waals surface area contributed by atoms with Gasteiger partial charge in [0.2, 0.25) is 23.6 Å². The molecule has 300 valence electrons. The first-order valence-corrected chi connectivity index (χ1v) is 20.3. The summed E-state index contributed by atoms with van der Waals surface area (Å²) in [6.07, 6.45) is 1.90. The van der Waals surface area contributed by atoms with Gasteiger partial charge in [0.1, 0.15) is 0 Å². The second-order valence-electron chi connectivity index (χ2n) is 12.9. The van der Waals surface area contributed by atoms with Crippen LogP contribution in [0.25, 0.3) is 0 Å². The molecule has 4 amide bonds. The number of fused-ring (bicyclic) bond motifs is 2. The van der Waals surface area contributed by atoms with Crippen LogP contribution >= 0.6 is 0 Å². The number of carbonyl (C=O) groups excluding carboxylic acids is 6. The minimum Gasteiger partial charge on any atom is -0.543 e. The zero-order valence-electron chi connectivity index (χ0n) is 31.0. The molecule has 4 aliphatic rings. The van der Waals surface area contributed by atoms with Crippen molar-refractivity contribution in [2.45, 2.75) is 77.7 Å². The molecule has 0 aromatic carbocycles. The van der Waals surface area contributed by atoms with Crippen LogP contribution in [0.1, 0.15) is 54.4 Å². The van der Waals surface area contributed by atoms with Crippen molar-refractivity contribution in [1.82, 2.24) is 20.4 Å². The van der Waals surface area contributed by atoms with Gasteiger partial charge in [-0.2, -0.15) is 16.8 Å². The van der Waals surface area contributed by atoms with Crippen molar-refractivity contribution in [2.24, 2.45) is 11.8 Å². The molecule has 4 N–H and O–H groups in total. The Bertz CT molecular complexity index is 1930. The van der Waals surface area contributed by atoms with Crippen molar-refractivity contribution in [3.63, 3.8) is 0 Å². The molecule has 0 aliphatic carbocycles. The molecule has 0 bridgehead atoms. The van der Waals surface area contributed by atoms with Gasteiger partial charge < -0.3 is 40.2 Å². The first kappa shape index (κ1) is 51.8. The molecule has 0 radical (unpaired) electrons. The van der Waals surface area contributed by atoms with Crippen LogP contribution in [0.4, 0.5) is 0 Å². The number of aliphatic carboxylic acids is 2. The van der Waals surface area contributed by atoms with Crippen molar-refractivity contribution in [3.8, 4) is 0 Å². The summed E-state index contributed by atoms with van der Waals surface area (Å²) >= 11 is 0. The molecule has 22 nitrogen and oxygen atoms in total. The molecule has 4 heterocycles. The number of carboxylic acid groups (broad SMARTS) is 2. The molecule has 0 aromatic heterocycles. The molecule has 0 unspecified atom stereocenters. The minimum atomic E-state index is -4.86. The number of hydrogen-bond acceptors (Lipinski definition) is 16. The molecule has 0 saturated carbocycles. The number of nitrogens with one attached hydrogen (secondary N) is 2. The molecule has 0 aromatic rings. The Labute approximate surface area is 369 Å². The van der Waals surface area contributed by atoms with E-state index in [4.69, 9.17) is 9.11 Å². The Morgan fingerprint density at radius 3 is 1.23 bits per heavy atom. The Morgan fingerprint density at radius 2 is 1.00 bits per heavy atom. The van der Waals surface area contributed by atoms with E-state index in [0.717, 1.165) is 33.0 Å². The minimum absolute atomic E-state index is 0. The smallest absolute Gasteiger partial charge is 0.543 e. The van der Waals surface area contributed by atoms with Gasteiger partial charge in [-0.15, -0.1) is 0 Å². The van der Waals surface area contributed by atoms with E-state index < -0.39 is 124 Å². The molecular weight excluding hydrogens is 855 g/mol. The van der Waals surface area contributed by atoms with Gasteiger partial charge in [0, 0.05) is 59.7 Å². The maximum absolute atomic E-state index is 12.4. The Hall–Kier alpha value is -2.18. The van der Waals surface area contributed by atoms with Crippen LogP contribution in [0.2, 0.25) is 0 Å². The van der Waals surface area contributed by atoms with Crippen LogP contribution in [0.15, 0.2) is 44.4 Å². The van der Waals surface area contributed by atoms with Crippen LogP contribution in [-0.2, 0) is 79.5 Å². The number of carbonyl (C=O) groups is 6. The first-order valence-electron chi connectivity index (χ1n) is 15.1. The third-order valence-electron chi connectivity index (χ3n) is 8.21. The molecule has 56 heavy (non-hydrogen) atoms. The summed E-state index contributed by atoms with van der Waals surface area (Å²) in [7, 11) is -13.7. The van der Waals surface area contributed by atoms with Crippen LogP contribution < -0.4 is 80.0 Å². The van der Waals surface area contributed by atoms with Crippen molar-refractivity contribution < 1.29 is 141 Å². The molecule has 28 heteroatoms. The maximum atomic E-state index is 12.4. The van der Waals surface area contributed by atoms with Gasteiger partial charge in [0.15, 0.2) is 0 Å². The van der Waals surface area contributed by atoms with E-state index in [1.165, 1.54) is 41.5 Å².